The number of hydrogen-bond acceptors (Lipinski definition) is 6. The van der Waals surface area contributed by atoms with E-state index in [1.807, 2.05) is 13.1 Å². The van der Waals surface area contributed by atoms with Gasteiger partial charge in [0.25, 0.3) is 5.91 Å². The number of nitrogens with zero attached hydrogens (tertiary/aromatic N) is 4. The van der Waals surface area contributed by atoms with Crippen LogP contribution in [0.15, 0.2) is 30.5 Å². The van der Waals surface area contributed by atoms with Crippen LogP contribution < -0.4 is 16.0 Å². The minimum atomic E-state index is -0.118. The predicted molar refractivity (Wildman–Crippen MR) is 113 cm³/mol. The monoisotopic (exact) mass is 391 g/mol. The molecule has 8 nitrogen and oxygen atoms in total. The van der Waals surface area contributed by atoms with Crippen LogP contribution in [0.1, 0.15) is 34.3 Å². The summed E-state index contributed by atoms with van der Waals surface area (Å²) in [4.78, 5) is 19.6. The minimum absolute atomic E-state index is 0.118. The summed E-state index contributed by atoms with van der Waals surface area (Å²) in [6.07, 6.45) is 4.71. The molecule has 0 unspecified atom stereocenters. The smallest absolute Gasteiger partial charge is 0.256 e. The molecule has 0 radical (unpaired) electrons. The van der Waals surface area contributed by atoms with E-state index in [0.717, 1.165) is 43.9 Å². The molecule has 150 valence electrons. The maximum absolute atomic E-state index is 12.6. The van der Waals surface area contributed by atoms with Gasteiger partial charge in [-0.15, -0.1) is 0 Å². The molecule has 3 N–H and O–H groups in total. The van der Waals surface area contributed by atoms with Crippen LogP contribution in [0.3, 0.4) is 0 Å². The summed E-state index contributed by atoms with van der Waals surface area (Å²) in [7, 11) is 3.98. The summed E-state index contributed by atoms with van der Waals surface area (Å²) in [6, 6.07) is 8.65. The second kappa shape index (κ2) is 7.04. The van der Waals surface area contributed by atoms with E-state index in [-0.39, 0.29) is 11.9 Å². The van der Waals surface area contributed by atoms with Gasteiger partial charge in [-0.1, -0.05) is 6.07 Å². The number of likely N-dealkylation sites (N-methyl/N-ethyl adjacent to an activating group) is 1. The van der Waals surface area contributed by atoms with Crippen LogP contribution >= 0.6 is 0 Å². The first-order chi connectivity index (χ1) is 14.1. The summed E-state index contributed by atoms with van der Waals surface area (Å²) < 4.78 is 1.66. The van der Waals surface area contributed by atoms with Crippen molar-refractivity contribution in [3.8, 4) is 0 Å². The van der Waals surface area contributed by atoms with Gasteiger partial charge in [0, 0.05) is 37.9 Å². The van der Waals surface area contributed by atoms with Crippen molar-refractivity contribution >= 4 is 28.9 Å². The molecule has 0 spiro atoms. The minimum Gasteiger partial charge on any atom is -0.373 e. The van der Waals surface area contributed by atoms with Crippen molar-refractivity contribution < 1.29 is 4.79 Å². The van der Waals surface area contributed by atoms with Gasteiger partial charge >= 0.3 is 0 Å². The van der Waals surface area contributed by atoms with E-state index in [1.54, 1.807) is 10.7 Å². The molecule has 29 heavy (non-hydrogen) atoms. The Balaban J connectivity index is 1.47. The Morgan fingerprint density at radius 3 is 2.86 bits per heavy atom. The van der Waals surface area contributed by atoms with Crippen LogP contribution in [0.25, 0.3) is 5.65 Å². The third-order valence-electron chi connectivity index (χ3n) is 5.57. The lowest BCUT2D eigenvalue weighted by Crippen LogP contribution is -2.26. The van der Waals surface area contributed by atoms with Gasteiger partial charge in [0.15, 0.2) is 5.65 Å². The van der Waals surface area contributed by atoms with E-state index in [1.165, 1.54) is 11.1 Å². The molecule has 1 aromatic carbocycles. The van der Waals surface area contributed by atoms with E-state index in [4.69, 9.17) is 4.98 Å². The maximum atomic E-state index is 12.6. The number of nitrogens with one attached hydrogen (secondary N) is 3. The lowest BCUT2D eigenvalue weighted by Gasteiger charge is -2.25. The fourth-order valence-electron chi connectivity index (χ4n) is 3.78. The summed E-state index contributed by atoms with van der Waals surface area (Å²) in [6.45, 7) is 2.05. The van der Waals surface area contributed by atoms with Gasteiger partial charge in [0.1, 0.15) is 17.2 Å². The third-order valence-corrected chi connectivity index (χ3v) is 5.57. The number of aromatic nitrogens is 3. The molecule has 3 heterocycles. The molecular weight excluding hydrogens is 366 g/mol. The Labute approximate surface area is 169 Å². The Bertz CT molecular complexity index is 1090. The molecule has 0 bridgehead atoms. The number of fused-ring (bicyclic) bond motifs is 2. The number of anilines is 3. The van der Waals surface area contributed by atoms with Crippen LogP contribution in [0.2, 0.25) is 0 Å². The van der Waals surface area contributed by atoms with E-state index in [2.05, 4.69) is 51.2 Å². The van der Waals surface area contributed by atoms with Crippen molar-refractivity contribution in [2.45, 2.75) is 31.8 Å². The summed E-state index contributed by atoms with van der Waals surface area (Å²) >= 11 is 0. The first-order valence-electron chi connectivity index (χ1n) is 10.1. The zero-order chi connectivity index (χ0) is 20.0. The highest BCUT2D eigenvalue weighted by molar-refractivity contribution is 6.00. The molecule has 8 heteroatoms. The summed E-state index contributed by atoms with van der Waals surface area (Å²) in [5.41, 5.74) is 4.77. The van der Waals surface area contributed by atoms with Crippen LogP contribution in [0.5, 0.6) is 0 Å². The molecule has 3 aromatic rings. The Morgan fingerprint density at radius 2 is 2.07 bits per heavy atom. The van der Waals surface area contributed by atoms with Crippen LogP contribution in [-0.4, -0.2) is 52.1 Å². The molecule has 1 aliphatic carbocycles. The first kappa shape index (κ1) is 17.9. The highest BCUT2D eigenvalue weighted by Gasteiger charge is 2.26. The van der Waals surface area contributed by atoms with Crippen molar-refractivity contribution in [2.75, 3.05) is 31.3 Å². The van der Waals surface area contributed by atoms with Crippen molar-refractivity contribution in [1.29, 1.82) is 0 Å². The van der Waals surface area contributed by atoms with E-state index in [9.17, 15) is 4.79 Å². The van der Waals surface area contributed by atoms with Gasteiger partial charge in [0.05, 0.1) is 6.20 Å². The van der Waals surface area contributed by atoms with E-state index < -0.39 is 0 Å². The van der Waals surface area contributed by atoms with E-state index in [0.29, 0.717) is 17.0 Å². The lowest BCUT2D eigenvalue weighted by atomic mass is 9.99. The SMILES string of the molecule is CNc1cc(Nc2ccc3c(c2)CCN(C)C3)nc2c(C(=O)NC3CC3)cnn12. The van der Waals surface area contributed by atoms with Gasteiger partial charge in [-0.25, -0.2) is 4.98 Å². The Hall–Kier alpha value is -3.13. The molecule has 5 rings (SSSR count). The molecule has 2 aliphatic rings. The standard InChI is InChI=1S/C21H25N7O/c1-22-19-10-18(24-16-4-3-14-12-27(2)8-7-13(14)9-16)26-20-17(11-23-28(19)20)21(29)25-15-5-6-15/h3-4,9-11,15,22H,5-8,12H2,1-2H3,(H,24,26)(H,25,29). The Kier molecular flexibility index (Phi) is 4.35. The molecule has 0 atom stereocenters. The number of amides is 1. The quantitative estimate of drug-likeness (QED) is 0.619. The van der Waals surface area contributed by atoms with Crippen LogP contribution in [0, 0.1) is 0 Å². The second-order valence-corrected chi connectivity index (χ2v) is 7.91. The molecular formula is C21H25N7O. The molecule has 2 aromatic heterocycles. The maximum Gasteiger partial charge on any atom is 0.256 e. The fraction of sp³-hybridized carbons (Fsp3) is 0.381. The average molecular weight is 391 g/mol. The molecule has 1 amide bonds. The van der Waals surface area contributed by atoms with E-state index >= 15 is 0 Å². The molecule has 1 saturated carbocycles. The lowest BCUT2D eigenvalue weighted by molar-refractivity contribution is 0.0952. The highest BCUT2D eigenvalue weighted by Crippen LogP contribution is 2.26. The van der Waals surface area contributed by atoms with Gasteiger partial charge < -0.3 is 20.9 Å². The van der Waals surface area contributed by atoms with Crippen LogP contribution in [0.4, 0.5) is 17.3 Å². The van der Waals surface area contributed by atoms with Gasteiger partial charge in [-0.2, -0.15) is 9.61 Å². The second-order valence-electron chi connectivity index (χ2n) is 7.91. The first-order valence-corrected chi connectivity index (χ1v) is 10.1. The molecule has 1 aliphatic heterocycles. The number of benzene rings is 1. The number of rotatable bonds is 5. The number of carbonyl (C=O) groups is 1. The fourth-order valence-corrected chi connectivity index (χ4v) is 3.78. The number of carbonyl (C=O) groups excluding carboxylic acids is 1. The average Bonchev–Trinajstić information content (AvgIpc) is 3.42. The zero-order valence-corrected chi connectivity index (χ0v) is 16.7. The zero-order valence-electron chi connectivity index (χ0n) is 16.7. The summed E-state index contributed by atoms with van der Waals surface area (Å²) in [5, 5.41) is 13.9. The van der Waals surface area contributed by atoms with Gasteiger partial charge in [0.2, 0.25) is 0 Å². The number of hydrogen-bond donors (Lipinski definition) is 3. The van der Waals surface area contributed by atoms with Crippen molar-refractivity contribution in [2.24, 2.45) is 0 Å². The van der Waals surface area contributed by atoms with Crippen molar-refractivity contribution in [3.63, 3.8) is 0 Å². The summed E-state index contributed by atoms with van der Waals surface area (Å²) in [5.74, 6) is 1.32. The van der Waals surface area contributed by atoms with Crippen molar-refractivity contribution in [3.05, 3.63) is 47.2 Å². The molecule has 1 fully saturated rings. The third kappa shape index (κ3) is 3.51. The largest absolute Gasteiger partial charge is 0.373 e. The predicted octanol–water partition coefficient (Wildman–Crippen LogP) is 2.39. The van der Waals surface area contributed by atoms with Crippen molar-refractivity contribution in [1.82, 2.24) is 24.8 Å². The Morgan fingerprint density at radius 1 is 1.21 bits per heavy atom. The highest BCUT2D eigenvalue weighted by atomic mass is 16.1. The van der Waals surface area contributed by atoms with Gasteiger partial charge in [-0.05, 0) is 49.6 Å². The molecule has 0 saturated heterocycles. The van der Waals surface area contributed by atoms with Crippen LogP contribution in [-0.2, 0) is 13.0 Å². The topological polar surface area (TPSA) is 86.6 Å². The van der Waals surface area contributed by atoms with Gasteiger partial charge in [-0.3, -0.25) is 4.79 Å². The normalized spacial score (nSPS) is 16.5.